The molecule has 2 N–H and O–H groups in total. The number of urea groups is 1. The molecule has 2 aromatic rings. The van der Waals surface area contributed by atoms with Gasteiger partial charge in [0.05, 0.1) is 12.6 Å². The lowest BCUT2D eigenvalue weighted by atomic mass is 10.1. The molecule has 1 saturated heterocycles. The number of amides is 3. The Morgan fingerprint density at radius 1 is 1.27 bits per heavy atom. The maximum atomic E-state index is 13.1. The molecular formula is C18H17F3N6O3. The van der Waals surface area contributed by atoms with Crippen LogP contribution in [0.4, 0.5) is 35.3 Å². The lowest BCUT2D eigenvalue weighted by Gasteiger charge is -2.44. The van der Waals surface area contributed by atoms with Crippen LogP contribution in [0, 0.1) is 5.21 Å². The molecule has 158 valence electrons. The summed E-state index contributed by atoms with van der Waals surface area (Å²) in [5, 5.41) is 17.5. The van der Waals surface area contributed by atoms with E-state index in [-0.39, 0.29) is 36.1 Å². The average molecular weight is 422 g/mol. The summed E-state index contributed by atoms with van der Waals surface area (Å²) in [6.45, 7) is -1.16. The number of fused-ring (bicyclic) bond motifs is 4. The molecule has 1 fully saturated rings. The van der Waals surface area contributed by atoms with Crippen molar-refractivity contribution in [2.75, 3.05) is 29.9 Å². The van der Waals surface area contributed by atoms with E-state index in [1.54, 1.807) is 23.5 Å². The van der Waals surface area contributed by atoms with Crippen molar-refractivity contribution in [1.29, 1.82) is 0 Å². The normalized spacial score (nSPS) is 22.4. The molecule has 2 aromatic heterocycles. The van der Waals surface area contributed by atoms with Gasteiger partial charge in [0, 0.05) is 18.7 Å². The third-order valence-electron chi connectivity index (χ3n) is 5.02. The SMILES string of the molecule is O=C(NCC(F)(F)F)c1ccc2c(n1)N(C(=O)Nc1ccccn1)C1CC[N+]2([O-])C1. The van der Waals surface area contributed by atoms with Gasteiger partial charge in [0.1, 0.15) is 24.6 Å². The van der Waals surface area contributed by atoms with Gasteiger partial charge in [-0.15, -0.1) is 0 Å². The molecule has 0 saturated carbocycles. The van der Waals surface area contributed by atoms with E-state index in [4.69, 9.17) is 0 Å². The van der Waals surface area contributed by atoms with Gasteiger partial charge < -0.3 is 15.2 Å². The van der Waals surface area contributed by atoms with E-state index in [0.717, 1.165) is 0 Å². The molecule has 0 radical (unpaired) electrons. The number of nitrogens with one attached hydrogen (secondary N) is 2. The summed E-state index contributed by atoms with van der Waals surface area (Å²) in [4.78, 5) is 34.5. The van der Waals surface area contributed by atoms with Crippen LogP contribution in [0.5, 0.6) is 0 Å². The molecule has 0 aliphatic carbocycles. The first kappa shape index (κ1) is 20.0. The van der Waals surface area contributed by atoms with E-state index < -0.39 is 35.3 Å². The predicted molar refractivity (Wildman–Crippen MR) is 102 cm³/mol. The highest BCUT2D eigenvalue weighted by Crippen LogP contribution is 2.43. The minimum atomic E-state index is -4.58. The van der Waals surface area contributed by atoms with Crippen LogP contribution in [0.2, 0.25) is 0 Å². The van der Waals surface area contributed by atoms with Crippen LogP contribution in [-0.4, -0.2) is 53.8 Å². The van der Waals surface area contributed by atoms with Crippen molar-refractivity contribution in [3.63, 3.8) is 0 Å². The standard InChI is InChI=1S/C18H17F3N6O3/c19-18(20,21)10-23-16(28)12-4-5-13-15(24-12)26(11-6-8-27(13,30)9-11)17(29)25-14-3-1-2-7-22-14/h1-5,7,11H,6,8-10H2,(H,23,28)(H,22,25,29). The fourth-order valence-corrected chi connectivity index (χ4v) is 3.69. The molecule has 4 rings (SSSR count). The van der Waals surface area contributed by atoms with Crippen molar-refractivity contribution in [3.8, 4) is 0 Å². The molecule has 3 amide bonds. The number of aromatic nitrogens is 2. The quantitative estimate of drug-likeness (QED) is 0.583. The minimum Gasteiger partial charge on any atom is -0.627 e. The molecule has 2 bridgehead atoms. The van der Waals surface area contributed by atoms with Crippen LogP contribution in [0.25, 0.3) is 0 Å². The zero-order valence-electron chi connectivity index (χ0n) is 15.5. The molecule has 2 unspecified atom stereocenters. The molecule has 9 nitrogen and oxygen atoms in total. The van der Waals surface area contributed by atoms with Crippen molar-refractivity contribution in [1.82, 2.24) is 19.9 Å². The van der Waals surface area contributed by atoms with Gasteiger partial charge in [0.2, 0.25) is 5.82 Å². The van der Waals surface area contributed by atoms with Crippen molar-refractivity contribution >= 4 is 29.3 Å². The van der Waals surface area contributed by atoms with Crippen molar-refractivity contribution in [2.45, 2.75) is 18.6 Å². The Balaban J connectivity index is 1.66. The van der Waals surface area contributed by atoms with E-state index in [9.17, 15) is 28.0 Å². The third-order valence-corrected chi connectivity index (χ3v) is 5.02. The number of quaternary nitrogens is 1. The van der Waals surface area contributed by atoms with Crippen molar-refractivity contribution in [3.05, 3.63) is 47.4 Å². The van der Waals surface area contributed by atoms with E-state index in [2.05, 4.69) is 15.3 Å². The van der Waals surface area contributed by atoms with Gasteiger partial charge in [-0.3, -0.25) is 15.0 Å². The number of nitrogens with zero attached hydrogens (tertiary/aromatic N) is 4. The maximum absolute atomic E-state index is 13.1. The summed E-state index contributed by atoms with van der Waals surface area (Å²) in [5.74, 6) is -0.799. The number of anilines is 2. The number of hydroxylamine groups is 2. The Kier molecular flexibility index (Phi) is 4.82. The summed E-state index contributed by atoms with van der Waals surface area (Å²) in [7, 11) is 0. The van der Waals surface area contributed by atoms with Gasteiger partial charge in [-0.2, -0.15) is 13.2 Å². The summed E-state index contributed by atoms with van der Waals surface area (Å²) in [6, 6.07) is 6.44. The van der Waals surface area contributed by atoms with Gasteiger partial charge in [-0.1, -0.05) is 6.07 Å². The number of carbonyl (C=O) groups is 2. The monoisotopic (exact) mass is 422 g/mol. The number of hydrogen-bond acceptors (Lipinski definition) is 5. The molecular weight excluding hydrogens is 405 g/mol. The molecule has 0 spiro atoms. The van der Waals surface area contributed by atoms with E-state index in [1.807, 2.05) is 0 Å². The summed E-state index contributed by atoms with van der Waals surface area (Å²) in [6.07, 6.45) is -2.66. The summed E-state index contributed by atoms with van der Waals surface area (Å²) >= 11 is 0. The van der Waals surface area contributed by atoms with Crippen LogP contribution >= 0.6 is 0 Å². The highest BCUT2D eigenvalue weighted by atomic mass is 19.4. The van der Waals surface area contributed by atoms with Gasteiger partial charge >= 0.3 is 12.2 Å². The lowest BCUT2D eigenvalue weighted by molar-refractivity contribution is -0.123. The first-order valence-corrected chi connectivity index (χ1v) is 9.12. The number of hydrogen-bond donors (Lipinski definition) is 2. The van der Waals surface area contributed by atoms with Crippen molar-refractivity contribution in [2.24, 2.45) is 0 Å². The Morgan fingerprint density at radius 3 is 2.77 bits per heavy atom. The predicted octanol–water partition coefficient (Wildman–Crippen LogP) is 2.40. The van der Waals surface area contributed by atoms with E-state index in [1.165, 1.54) is 23.2 Å². The molecule has 4 heterocycles. The van der Waals surface area contributed by atoms with Crippen LogP contribution < -0.4 is 20.2 Å². The zero-order chi connectivity index (χ0) is 21.5. The highest BCUT2D eigenvalue weighted by molar-refractivity contribution is 6.04. The van der Waals surface area contributed by atoms with Crippen LogP contribution in [-0.2, 0) is 0 Å². The van der Waals surface area contributed by atoms with E-state index in [0.29, 0.717) is 6.42 Å². The Hall–Kier alpha value is -3.25. The number of rotatable bonds is 3. The van der Waals surface area contributed by atoms with Gasteiger partial charge in [-0.05, 0) is 18.2 Å². The molecule has 2 aliphatic heterocycles. The second kappa shape index (κ2) is 7.22. The van der Waals surface area contributed by atoms with Gasteiger partial charge in [0.15, 0.2) is 5.69 Å². The van der Waals surface area contributed by atoms with E-state index >= 15 is 0 Å². The molecule has 12 heteroatoms. The minimum absolute atomic E-state index is 0.0353. The number of alkyl halides is 3. The second-order valence-corrected chi connectivity index (χ2v) is 7.09. The number of carbonyl (C=O) groups excluding carboxylic acids is 2. The molecule has 2 atom stereocenters. The number of halogens is 3. The molecule has 30 heavy (non-hydrogen) atoms. The fraction of sp³-hybridized carbons (Fsp3) is 0.333. The average Bonchev–Trinajstić information content (AvgIpc) is 3.04. The Labute approximate surface area is 168 Å². The second-order valence-electron chi connectivity index (χ2n) is 7.09. The Bertz CT molecular complexity index is 987. The molecule has 0 aromatic carbocycles. The smallest absolute Gasteiger partial charge is 0.405 e. The highest BCUT2D eigenvalue weighted by Gasteiger charge is 2.48. The summed E-state index contributed by atoms with van der Waals surface area (Å²) < 4.78 is 36.5. The van der Waals surface area contributed by atoms with Crippen LogP contribution in [0.1, 0.15) is 16.9 Å². The van der Waals surface area contributed by atoms with Gasteiger partial charge in [-0.25, -0.2) is 14.8 Å². The third kappa shape index (κ3) is 3.78. The fourth-order valence-electron chi connectivity index (χ4n) is 3.69. The summed E-state index contributed by atoms with van der Waals surface area (Å²) in [5.41, 5.74) is -0.130. The maximum Gasteiger partial charge on any atom is 0.405 e. The first-order valence-electron chi connectivity index (χ1n) is 9.12. The van der Waals surface area contributed by atoms with Gasteiger partial charge in [0.25, 0.3) is 5.91 Å². The Morgan fingerprint density at radius 2 is 2.07 bits per heavy atom. The first-order chi connectivity index (χ1) is 14.2. The van der Waals surface area contributed by atoms with Crippen molar-refractivity contribution < 1.29 is 22.8 Å². The largest absolute Gasteiger partial charge is 0.627 e. The van der Waals surface area contributed by atoms with Crippen LogP contribution in [0.15, 0.2) is 36.5 Å². The lowest BCUT2D eigenvalue weighted by Crippen LogP contribution is -2.54. The van der Waals surface area contributed by atoms with Crippen LogP contribution in [0.3, 0.4) is 0 Å². The topological polar surface area (TPSA) is 110 Å². The zero-order valence-corrected chi connectivity index (χ0v) is 15.5. The molecule has 2 aliphatic rings. The number of pyridine rings is 2.